The fourth-order valence-electron chi connectivity index (χ4n) is 5.36. The van der Waals surface area contributed by atoms with E-state index < -0.39 is 5.60 Å². The van der Waals surface area contributed by atoms with Crippen molar-refractivity contribution < 1.29 is 14.3 Å². The maximum absolute atomic E-state index is 13.0. The SMILES string of the molecule is C=C(CCN(CC(C)C)C(=O)OC(C)(C)C)C/C(C(=C)C)=C(C(/C)=N\C)\C(=C/C(C)c1cc(Cl)ccc1C)N1CCOCC1. The van der Waals surface area contributed by atoms with Crippen molar-refractivity contribution in [3.8, 4) is 0 Å². The average Bonchev–Trinajstić information content (AvgIpc) is 2.94. The molecule has 0 bridgehead atoms. The first-order valence-corrected chi connectivity index (χ1v) is 16.2. The van der Waals surface area contributed by atoms with Gasteiger partial charge in [0, 0.05) is 61.1 Å². The lowest BCUT2D eigenvalue weighted by Gasteiger charge is -2.34. The summed E-state index contributed by atoms with van der Waals surface area (Å²) in [5.41, 5.74) is 8.12. The first-order chi connectivity index (χ1) is 20.5. The van der Waals surface area contributed by atoms with Crippen LogP contribution in [-0.4, -0.2) is 73.6 Å². The van der Waals surface area contributed by atoms with Crippen molar-refractivity contribution in [2.45, 2.75) is 86.7 Å². The molecular weight excluding hydrogens is 570 g/mol. The van der Waals surface area contributed by atoms with E-state index in [1.165, 1.54) is 11.1 Å². The van der Waals surface area contributed by atoms with Gasteiger partial charge < -0.3 is 19.3 Å². The molecule has 0 aliphatic carbocycles. The molecule has 6 nitrogen and oxygen atoms in total. The molecule has 1 saturated heterocycles. The van der Waals surface area contributed by atoms with Gasteiger partial charge in [0.05, 0.1) is 13.2 Å². The van der Waals surface area contributed by atoms with Crippen LogP contribution in [0.3, 0.4) is 0 Å². The van der Waals surface area contributed by atoms with Gasteiger partial charge in [0.15, 0.2) is 0 Å². The Balaban J connectivity index is 2.55. The number of benzene rings is 1. The molecule has 7 heteroatoms. The number of hydrogen-bond acceptors (Lipinski definition) is 5. The standard InChI is InChI=1S/C37H56ClN3O3/c1-25(2)24-41(36(42)44-37(9,10)11)16-15-27(5)21-32(26(3)4)35(30(8)39-12)34(40-17-19-43-20-18-40)22-29(7)33-23-31(38)14-13-28(33)6/h13-14,22-23,25,29H,3,5,15-21,24H2,1-2,4,6-12H3/b34-22+,35-32+,39-30-. The summed E-state index contributed by atoms with van der Waals surface area (Å²) in [5.74, 6) is 0.433. The van der Waals surface area contributed by atoms with Gasteiger partial charge >= 0.3 is 6.09 Å². The molecule has 1 aromatic rings. The topological polar surface area (TPSA) is 54.4 Å². The minimum absolute atomic E-state index is 0.110. The lowest BCUT2D eigenvalue weighted by atomic mass is 9.87. The highest BCUT2D eigenvalue weighted by molar-refractivity contribution is 6.30. The van der Waals surface area contributed by atoms with Crippen LogP contribution < -0.4 is 0 Å². The minimum Gasteiger partial charge on any atom is -0.444 e. The zero-order valence-corrected chi connectivity index (χ0v) is 29.7. The van der Waals surface area contributed by atoms with Gasteiger partial charge in [-0.2, -0.15) is 0 Å². The van der Waals surface area contributed by atoms with E-state index in [1.807, 2.05) is 33.9 Å². The largest absolute Gasteiger partial charge is 0.444 e. The molecule has 0 radical (unpaired) electrons. The molecule has 1 aliphatic heterocycles. The van der Waals surface area contributed by atoms with Gasteiger partial charge in [-0.25, -0.2) is 4.79 Å². The summed E-state index contributed by atoms with van der Waals surface area (Å²) in [6.07, 6.45) is 3.35. The summed E-state index contributed by atoms with van der Waals surface area (Å²) in [6, 6.07) is 6.08. The van der Waals surface area contributed by atoms with Gasteiger partial charge in [0.2, 0.25) is 0 Å². The first kappa shape index (κ1) is 37.4. The zero-order chi connectivity index (χ0) is 33.2. The monoisotopic (exact) mass is 625 g/mol. The van der Waals surface area contributed by atoms with Crippen LogP contribution in [0.25, 0.3) is 0 Å². The van der Waals surface area contributed by atoms with Crippen molar-refractivity contribution in [3.63, 3.8) is 0 Å². The van der Waals surface area contributed by atoms with Crippen LogP contribution in [0.1, 0.15) is 85.3 Å². The molecule has 2 rings (SSSR count). The minimum atomic E-state index is -0.548. The second kappa shape index (κ2) is 17.0. The van der Waals surface area contributed by atoms with Crippen LogP contribution >= 0.6 is 11.6 Å². The van der Waals surface area contributed by atoms with E-state index in [9.17, 15) is 4.79 Å². The number of ether oxygens (including phenoxy) is 2. The number of halogens is 1. The van der Waals surface area contributed by atoms with E-state index in [4.69, 9.17) is 21.1 Å². The predicted octanol–water partition coefficient (Wildman–Crippen LogP) is 9.16. The molecule has 1 atom stereocenters. The van der Waals surface area contributed by atoms with E-state index in [-0.39, 0.29) is 12.0 Å². The van der Waals surface area contributed by atoms with Crippen LogP contribution in [-0.2, 0) is 9.47 Å². The molecular formula is C37H56ClN3O3. The smallest absolute Gasteiger partial charge is 0.410 e. The Bertz CT molecular complexity index is 1260. The van der Waals surface area contributed by atoms with Crippen molar-refractivity contribution in [3.05, 3.63) is 81.6 Å². The van der Waals surface area contributed by atoms with Crippen LogP contribution in [0.15, 0.2) is 70.4 Å². The summed E-state index contributed by atoms with van der Waals surface area (Å²) in [5, 5.41) is 0.734. The Hall–Kier alpha value is -2.83. The van der Waals surface area contributed by atoms with Gasteiger partial charge in [-0.3, -0.25) is 4.99 Å². The van der Waals surface area contributed by atoms with Crippen molar-refractivity contribution in [1.82, 2.24) is 9.80 Å². The quantitative estimate of drug-likeness (QED) is 0.125. The van der Waals surface area contributed by atoms with Crippen LogP contribution in [0.5, 0.6) is 0 Å². The van der Waals surface area contributed by atoms with Crippen molar-refractivity contribution in [2.24, 2.45) is 10.9 Å². The highest BCUT2D eigenvalue weighted by Crippen LogP contribution is 2.34. The summed E-state index contributed by atoms with van der Waals surface area (Å²) in [7, 11) is 1.84. The second-order valence-corrected chi connectivity index (χ2v) is 13.8. The third-order valence-corrected chi connectivity index (χ3v) is 7.90. The zero-order valence-electron chi connectivity index (χ0n) is 29.0. The number of aryl methyl sites for hydroxylation is 1. The van der Waals surface area contributed by atoms with Gasteiger partial charge in [0.25, 0.3) is 0 Å². The lowest BCUT2D eigenvalue weighted by molar-refractivity contribution is 0.0230. The third-order valence-electron chi connectivity index (χ3n) is 7.66. The van der Waals surface area contributed by atoms with E-state index >= 15 is 0 Å². The fourth-order valence-corrected chi connectivity index (χ4v) is 5.54. The molecule has 0 aromatic heterocycles. The molecule has 0 saturated carbocycles. The Morgan fingerprint density at radius 2 is 1.82 bits per heavy atom. The molecule has 1 heterocycles. The molecule has 1 aliphatic rings. The number of rotatable bonds is 13. The molecule has 244 valence electrons. The Kier molecular flexibility index (Phi) is 14.5. The summed E-state index contributed by atoms with van der Waals surface area (Å²) < 4.78 is 11.4. The number of hydrogen-bond donors (Lipinski definition) is 0. The Morgan fingerprint density at radius 3 is 2.36 bits per heavy atom. The number of nitrogens with zero attached hydrogens (tertiary/aromatic N) is 3. The molecule has 0 N–H and O–H groups in total. The summed E-state index contributed by atoms with van der Waals surface area (Å²) >= 11 is 6.43. The number of carbonyl (C=O) groups excluding carboxylic acids is 1. The average molecular weight is 626 g/mol. The van der Waals surface area contributed by atoms with Crippen LogP contribution in [0.2, 0.25) is 5.02 Å². The first-order valence-electron chi connectivity index (χ1n) is 15.8. The van der Waals surface area contributed by atoms with Crippen molar-refractivity contribution >= 4 is 23.4 Å². The number of allylic oxidation sites excluding steroid dienone is 4. The number of amides is 1. The van der Waals surface area contributed by atoms with E-state index in [0.717, 1.165) is 51.8 Å². The predicted molar refractivity (Wildman–Crippen MR) is 187 cm³/mol. The summed E-state index contributed by atoms with van der Waals surface area (Å²) in [4.78, 5) is 21.9. The van der Waals surface area contributed by atoms with E-state index in [0.29, 0.717) is 45.1 Å². The summed E-state index contributed by atoms with van der Waals surface area (Å²) in [6.45, 7) is 31.4. The molecule has 1 fully saturated rings. The second-order valence-electron chi connectivity index (χ2n) is 13.4. The fraction of sp³-hybridized carbons (Fsp3) is 0.568. The number of carbonyl (C=O) groups is 1. The van der Waals surface area contributed by atoms with E-state index in [1.54, 1.807) is 4.90 Å². The molecule has 0 spiro atoms. The Labute approximate surface area is 272 Å². The van der Waals surface area contributed by atoms with Gasteiger partial charge in [-0.05, 0) is 89.1 Å². The molecule has 1 amide bonds. The van der Waals surface area contributed by atoms with E-state index in [2.05, 4.69) is 82.8 Å². The highest BCUT2D eigenvalue weighted by Gasteiger charge is 2.26. The van der Waals surface area contributed by atoms with Gasteiger partial charge in [-0.15, -0.1) is 0 Å². The van der Waals surface area contributed by atoms with Crippen molar-refractivity contribution in [2.75, 3.05) is 46.4 Å². The number of aliphatic imine (C=N–C) groups is 1. The van der Waals surface area contributed by atoms with Gasteiger partial charge in [-0.1, -0.05) is 68.8 Å². The number of morpholine rings is 1. The Morgan fingerprint density at radius 1 is 1.18 bits per heavy atom. The maximum Gasteiger partial charge on any atom is 0.410 e. The lowest BCUT2D eigenvalue weighted by Crippen LogP contribution is -2.39. The van der Waals surface area contributed by atoms with Crippen LogP contribution in [0.4, 0.5) is 4.79 Å². The molecule has 1 unspecified atom stereocenters. The molecule has 44 heavy (non-hydrogen) atoms. The van der Waals surface area contributed by atoms with Gasteiger partial charge in [0.1, 0.15) is 5.60 Å². The third kappa shape index (κ3) is 11.6. The van der Waals surface area contributed by atoms with Crippen molar-refractivity contribution in [1.29, 1.82) is 0 Å². The highest BCUT2D eigenvalue weighted by atomic mass is 35.5. The normalized spacial score (nSPS) is 16.0. The maximum atomic E-state index is 13.0. The van der Waals surface area contributed by atoms with Crippen LogP contribution in [0, 0.1) is 12.8 Å². The molecule has 1 aromatic carbocycles.